The predicted molar refractivity (Wildman–Crippen MR) is 94.4 cm³/mol. The van der Waals surface area contributed by atoms with Crippen LogP contribution in [0.15, 0.2) is 18.3 Å². The zero-order chi connectivity index (χ0) is 17.6. The molecule has 25 heavy (non-hydrogen) atoms. The first-order chi connectivity index (χ1) is 12.0. The van der Waals surface area contributed by atoms with Gasteiger partial charge >= 0.3 is 0 Å². The van der Waals surface area contributed by atoms with Gasteiger partial charge in [-0.3, -0.25) is 9.89 Å². The van der Waals surface area contributed by atoms with Crippen LogP contribution in [0.2, 0.25) is 0 Å². The Hall–Kier alpha value is -1.92. The summed E-state index contributed by atoms with van der Waals surface area (Å²) in [7, 11) is 0. The third-order valence-corrected chi connectivity index (χ3v) is 5.80. The van der Waals surface area contributed by atoms with Gasteiger partial charge in [0.15, 0.2) is 0 Å². The zero-order valence-electron chi connectivity index (χ0n) is 14.8. The SMILES string of the molecule is Cc1cc(C(=O)N2CCC[C@@H]2[C@@H]2COCC[C@]2(C)O)c2[nH]ncc2c1. The summed E-state index contributed by atoms with van der Waals surface area (Å²) >= 11 is 0. The second-order valence-corrected chi connectivity index (χ2v) is 7.64. The number of H-pyrrole nitrogens is 1. The highest BCUT2D eigenvalue weighted by Crippen LogP contribution is 2.37. The summed E-state index contributed by atoms with van der Waals surface area (Å²) in [5.41, 5.74) is 1.70. The number of nitrogens with zero attached hydrogens (tertiary/aromatic N) is 2. The van der Waals surface area contributed by atoms with Crippen molar-refractivity contribution in [3.8, 4) is 0 Å². The van der Waals surface area contributed by atoms with Crippen molar-refractivity contribution < 1.29 is 14.6 Å². The van der Waals surface area contributed by atoms with Crippen molar-refractivity contribution in [2.75, 3.05) is 19.8 Å². The summed E-state index contributed by atoms with van der Waals surface area (Å²) < 4.78 is 5.63. The van der Waals surface area contributed by atoms with Crippen LogP contribution in [0.25, 0.3) is 10.9 Å². The number of aromatic nitrogens is 2. The number of fused-ring (bicyclic) bond motifs is 1. The molecule has 0 bridgehead atoms. The minimum Gasteiger partial charge on any atom is -0.390 e. The Kier molecular flexibility index (Phi) is 4.04. The molecular weight excluding hydrogens is 318 g/mol. The van der Waals surface area contributed by atoms with Gasteiger partial charge in [-0.25, -0.2) is 0 Å². The molecule has 2 aliphatic heterocycles. The van der Waals surface area contributed by atoms with Crippen molar-refractivity contribution in [3.63, 3.8) is 0 Å². The van der Waals surface area contributed by atoms with Crippen LogP contribution in [0, 0.1) is 12.8 Å². The maximum absolute atomic E-state index is 13.3. The first-order valence-corrected chi connectivity index (χ1v) is 9.02. The fourth-order valence-corrected chi connectivity index (χ4v) is 4.37. The van der Waals surface area contributed by atoms with E-state index in [0.29, 0.717) is 25.2 Å². The van der Waals surface area contributed by atoms with Gasteiger partial charge in [-0.05, 0) is 50.8 Å². The van der Waals surface area contributed by atoms with E-state index in [1.165, 1.54) is 0 Å². The second-order valence-electron chi connectivity index (χ2n) is 7.64. The molecule has 1 aromatic carbocycles. The zero-order valence-corrected chi connectivity index (χ0v) is 14.8. The Morgan fingerprint density at radius 3 is 3.12 bits per heavy atom. The highest BCUT2D eigenvalue weighted by Gasteiger charge is 2.45. The number of aromatic amines is 1. The summed E-state index contributed by atoms with van der Waals surface area (Å²) in [6.07, 6.45) is 4.24. The normalized spacial score (nSPS) is 30.1. The van der Waals surface area contributed by atoms with Gasteiger partial charge in [0.1, 0.15) is 0 Å². The summed E-state index contributed by atoms with van der Waals surface area (Å²) in [6.45, 7) is 5.68. The molecule has 0 saturated carbocycles. The lowest BCUT2D eigenvalue weighted by molar-refractivity contribution is -0.119. The van der Waals surface area contributed by atoms with Crippen LogP contribution < -0.4 is 0 Å². The lowest BCUT2D eigenvalue weighted by atomic mass is 9.79. The van der Waals surface area contributed by atoms with E-state index >= 15 is 0 Å². The predicted octanol–water partition coefficient (Wildman–Crippen LogP) is 2.26. The number of benzene rings is 1. The van der Waals surface area contributed by atoms with Crippen LogP contribution in [0.3, 0.4) is 0 Å². The minimum atomic E-state index is -0.790. The molecule has 2 N–H and O–H groups in total. The third kappa shape index (κ3) is 2.83. The highest BCUT2D eigenvalue weighted by atomic mass is 16.5. The first-order valence-electron chi connectivity index (χ1n) is 9.02. The molecule has 2 saturated heterocycles. The number of amides is 1. The van der Waals surface area contributed by atoms with E-state index in [-0.39, 0.29) is 17.9 Å². The van der Waals surface area contributed by atoms with E-state index in [4.69, 9.17) is 4.74 Å². The average molecular weight is 343 g/mol. The van der Waals surface area contributed by atoms with Gasteiger partial charge in [-0.15, -0.1) is 0 Å². The maximum Gasteiger partial charge on any atom is 0.256 e. The van der Waals surface area contributed by atoms with Gasteiger partial charge in [-0.2, -0.15) is 5.10 Å². The summed E-state index contributed by atoms with van der Waals surface area (Å²) in [5.74, 6) is -0.0309. The number of carbonyl (C=O) groups excluding carboxylic acids is 1. The molecule has 0 spiro atoms. The van der Waals surface area contributed by atoms with Crippen molar-refractivity contribution in [1.29, 1.82) is 0 Å². The minimum absolute atomic E-state index is 0.0151. The van der Waals surface area contributed by atoms with Crippen molar-refractivity contribution in [2.45, 2.75) is 44.8 Å². The van der Waals surface area contributed by atoms with Gasteiger partial charge in [0.05, 0.1) is 29.5 Å². The van der Waals surface area contributed by atoms with Gasteiger partial charge < -0.3 is 14.7 Å². The van der Waals surface area contributed by atoms with Crippen molar-refractivity contribution in [2.24, 2.45) is 5.92 Å². The number of aliphatic hydroxyl groups is 1. The molecule has 0 radical (unpaired) electrons. The van der Waals surface area contributed by atoms with Gasteiger partial charge in [0.2, 0.25) is 0 Å². The highest BCUT2D eigenvalue weighted by molar-refractivity contribution is 6.06. The Balaban J connectivity index is 1.68. The molecule has 3 heterocycles. The smallest absolute Gasteiger partial charge is 0.256 e. The summed E-state index contributed by atoms with van der Waals surface area (Å²) in [5, 5.41) is 18.8. The second kappa shape index (κ2) is 6.11. The monoisotopic (exact) mass is 343 g/mol. The number of aryl methyl sites for hydroxylation is 1. The van der Waals surface area contributed by atoms with E-state index in [2.05, 4.69) is 10.2 Å². The summed E-state index contributed by atoms with van der Waals surface area (Å²) in [6, 6.07) is 3.96. The molecule has 3 atom stereocenters. The Bertz CT molecular complexity index is 798. The number of likely N-dealkylation sites (tertiary alicyclic amines) is 1. The van der Waals surface area contributed by atoms with Crippen molar-refractivity contribution in [1.82, 2.24) is 15.1 Å². The van der Waals surface area contributed by atoms with Crippen molar-refractivity contribution in [3.05, 3.63) is 29.5 Å². The molecule has 2 aliphatic rings. The fourth-order valence-electron chi connectivity index (χ4n) is 4.37. The molecule has 6 heteroatoms. The number of nitrogens with one attached hydrogen (secondary N) is 1. The number of rotatable bonds is 2. The van der Waals surface area contributed by atoms with Crippen LogP contribution in [0.1, 0.15) is 42.1 Å². The number of ether oxygens (including phenoxy) is 1. The molecular formula is C19H25N3O3. The topological polar surface area (TPSA) is 78.5 Å². The fraction of sp³-hybridized carbons (Fsp3) is 0.579. The molecule has 134 valence electrons. The van der Waals surface area contributed by atoms with E-state index in [1.807, 2.05) is 30.9 Å². The molecule has 4 rings (SSSR count). The summed E-state index contributed by atoms with van der Waals surface area (Å²) in [4.78, 5) is 15.3. The molecule has 1 amide bonds. The van der Waals surface area contributed by atoms with E-state index < -0.39 is 5.60 Å². The number of hydrogen-bond acceptors (Lipinski definition) is 4. The quantitative estimate of drug-likeness (QED) is 0.877. The van der Waals surface area contributed by atoms with Gasteiger partial charge in [-0.1, -0.05) is 0 Å². The molecule has 1 aromatic heterocycles. The Morgan fingerprint density at radius 1 is 1.48 bits per heavy atom. The van der Waals surface area contributed by atoms with Gasteiger partial charge in [0, 0.05) is 30.5 Å². The van der Waals surface area contributed by atoms with Crippen LogP contribution in [0.4, 0.5) is 0 Å². The van der Waals surface area contributed by atoms with Crippen LogP contribution in [-0.2, 0) is 4.74 Å². The van der Waals surface area contributed by atoms with E-state index in [0.717, 1.165) is 35.9 Å². The average Bonchev–Trinajstić information content (AvgIpc) is 3.21. The standard InChI is InChI=1S/C19H25N3O3/c1-12-8-13-10-20-21-17(13)14(9-12)18(23)22-6-3-4-16(22)15-11-25-7-5-19(15,2)24/h8-10,15-16,24H,3-7,11H2,1-2H3,(H,20,21)/t15-,16+,19-/m0/s1. The van der Waals surface area contributed by atoms with Crippen molar-refractivity contribution >= 4 is 16.8 Å². The van der Waals surface area contributed by atoms with Crippen LogP contribution in [0.5, 0.6) is 0 Å². The van der Waals surface area contributed by atoms with Gasteiger partial charge in [0.25, 0.3) is 5.91 Å². The van der Waals surface area contributed by atoms with E-state index in [1.54, 1.807) is 6.20 Å². The Labute approximate surface area is 147 Å². The number of carbonyl (C=O) groups is 1. The van der Waals surface area contributed by atoms with Crippen LogP contribution >= 0.6 is 0 Å². The van der Waals surface area contributed by atoms with E-state index in [9.17, 15) is 9.90 Å². The molecule has 2 fully saturated rings. The molecule has 0 unspecified atom stereocenters. The molecule has 0 aliphatic carbocycles. The first kappa shape index (κ1) is 16.5. The maximum atomic E-state index is 13.3. The third-order valence-electron chi connectivity index (χ3n) is 5.80. The number of hydrogen-bond donors (Lipinski definition) is 2. The Morgan fingerprint density at radius 2 is 2.32 bits per heavy atom. The lowest BCUT2D eigenvalue weighted by Crippen LogP contribution is -2.53. The molecule has 2 aromatic rings. The molecule has 6 nitrogen and oxygen atoms in total. The largest absolute Gasteiger partial charge is 0.390 e. The van der Waals surface area contributed by atoms with Crippen LogP contribution in [-0.4, -0.2) is 57.5 Å². The lowest BCUT2D eigenvalue weighted by Gasteiger charge is -2.43.